The van der Waals surface area contributed by atoms with E-state index in [9.17, 15) is 9.59 Å². The molecule has 2 aliphatic carbocycles. The van der Waals surface area contributed by atoms with Crippen molar-refractivity contribution >= 4 is 11.8 Å². The molecule has 0 bridgehead atoms. The van der Waals surface area contributed by atoms with Crippen LogP contribution in [0.3, 0.4) is 0 Å². The van der Waals surface area contributed by atoms with Crippen molar-refractivity contribution in [3.05, 3.63) is 34.4 Å². The van der Waals surface area contributed by atoms with Crippen molar-refractivity contribution in [2.24, 2.45) is 0 Å². The number of allylic oxidation sites excluding steroid dienone is 5. The Balaban J connectivity index is 2.59. The van der Waals surface area contributed by atoms with E-state index >= 15 is 0 Å². The molecular formula is C22H32O3. The van der Waals surface area contributed by atoms with Crippen molar-refractivity contribution in [3.63, 3.8) is 0 Å². The van der Waals surface area contributed by atoms with Crippen LogP contribution >= 0.6 is 0 Å². The van der Waals surface area contributed by atoms with Crippen LogP contribution < -0.4 is 0 Å². The van der Waals surface area contributed by atoms with Crippen LogP contribution in [0.2, 0.25) is 0 Å². The predicted octanol–water partition coefficient (Wildman–Crippen LogP) is 5.60. The Bertz CT molecular complexity index is 584. The average molecular weight is 344 g/mol. The highest BCUT2D eigenvalue weighted by atomic mass is 16.6. The lowest BCUT2D eigenvalue weighted by molar-refractivity contribution is -0.150. The molecule has 0 atom stereocenters. The van der Waals surface area contributed by atoms with Crippen molar-refractivity contribution in [1.82, 2.24) is 0 Å². The van der Waals surface area contributed by atoms with Gasteiger partial charge in [-0.05, 0) is 88.9 Å². The minimum Gasteiger partial charge on any atom is -0.456 e. The first kappa shape index (κ1) is 19.7. The fraction of sp³-hybridized carbons (Fsp3) is 0.636. The second-order valence-electron chi connectivity index (χ2n) is 7.98. The van der Waals surface area contributed by atoms with Gasteiger partial charge in [0.2, 0.25) is 0 Å². The van der Waals surface area contributed by atoms with Crippen LogP contribution in [0.4, 0.5) is 0 Å². The number of esters is 1. The highest BCUT2D eigenvalue weighted by Crippen LogP contribution is 2.36. The van der Waals surface area contributed by atoms with Crippen molar-refractivity contribution in [1.29, 1.82) is 0 Å². The van der Waals surface area contributed by atoms with E-state index in [1.54, 1.807) is 0 Å². The maximum absolute atomic E-state index is 12.9. The van der Waals surface area contributed by atoms with E-state index in [4.69, 9.17) is 4.74 Å². The molecule has 0 aliphatic heterocycles. The van der Waals surface area contributed by atoms with Crippen LogP contribution in [0, 0.1) is 0 Å². The highest BCUT2D eigenvalue weighted by molar-refractivity contribution is 6.19. The van der Waals surface area contributed by atoms with Gasteiger partial charge < -0.3 is 4.74 Å². The van der Waals surface area contributed by atoms with Crippen molar-refractivity contribution in [2.75, 3.05) is 0 Å². The second kappa shape index (κ2) is 8.64. The van der Waals surface area contributed by atoms with E-state index < -0.39 is 11.6 Å². The number of carbonyl (C=O) groups is 2. The van der Waals surface area contributed by atoms with E-state index in [1.165, 1.54) is 24.0 Å². The largest absolute Gasteiger partial charge is 0.456 e. The maximum Gasteiger partial charge on any atom is 0.342 e. The van der Waals surface area contributed by atoms with Gasteiger partial charge in [-0.25, -0.2) is 4.79 Å². The standard InChI is InChI=1S/C22H32O3/c1-5-18(23)20(21(24)25-22(2,3)4)19(16-12-8-6-9-13-16)17-14-10-7-11-15-17/h12,14H,5-11,13,15H2,1-4H3. The summed E-state index contributed by atoms with van der Waals surface area (Å²) in [5, 5.41) is 0. The molecule has 0 saturated carbocycles. The van der Waals surface area contributed by atoms with Gasteiger partial charge in [-0.15, -0.1) is 0 Å². The Morgan fingerprint density at radius 3 is 1.84 bits per heavy atom. The molecular weight excluding hydrogens is 312 g/mol. The van der Waals surface area contributed by atoms with Gasteiger partial charge >= 0.3 is 5.97 Å². The molecule has 25 heavy (non-hydrogen) atoms. The zero-order chi connectivity index (χ0) is 18.4. The summed E-state index contributed by atoms with van der Waals surface area (Å²) in [7, 11) is 0. The molecule has 0 amide bonds. The van der Waals surface area contributed by atoms with Crippen LogP contribution in [-0.4, -0.2) is 17.4 Å². The number of hydrogen-bond acceptors (Lipinski definition) is 3. The lowest BCUT2D eigenvalue weighted by Crippen LogP contribution is -2.28. The van der Waals surface area contributed by atoms with Crippen molar-refractivity contribution in [3.8, 4) is 0 Å². The van der Waals surface area contributed by atoms with E-state index in [-0.39, 0.29) is 11.4 Å². The molecule has 138 valence electrons. The first-order valence-corrected chi connectivity index (χ1v) is 9.73. The summed E-state index contributed by atoms with van der Waals surface area (Å²) in [5.41, 5.74) is 2.90. The zero-order valence-corrected chi connectivity index (χ0v) is 16.2. The lowest BCUT2D eigenvalue weighted by atomic mass is 9.81. The average Bonchev–Trinajstić information content (AvgIpc) is 2.58. The molecule has 0 fully saturated rings. The van der Waals surface area contributed by atoms with Gasteiger partial charge in [0, 0.05) is 6.42 Å². The lowest BCUT2D eigenvalue weighted by Gasteiger charge is -2.26. The minimum absolute atomic E-state index is 0.109. The summed E-state index contributed by atoms with van der Waals surface area (Å²) >= 11 is 0. The molecule has 0 heterocycles. The minimum atomic E-state index is -0.608. The molecule has 3 nitrogen and oxygen atoms in total. The third-order valence-corrected chi connectivity index (χ3v) is 4.68. The van der Waals surface area contributed by atoms with Crippen LogP contribution in [0.1, 0.15) is 85.5 Å². The van der Waals surface area contributed by atoms with E-state index in [0.29, 0.717) is 6.42 Å². The molecule has 0 spiro atoms. The Kier molecular flexibility index (Phi) is 6.80. The van der Waals surface area contributed by atoms with Crippen LogP contribution in [0.25, 0.3) is 0 Å². The fourth-order valence-corrected chi connectivity index (χ4v) is 3.52. The smallest absolute Gasteiger partial charge is 0.342 e. The van der Waals surface area contributed by atoms with E-state index in [0.717, 1.165) is 44.1 Å². The van der Waals surface area contributed by atoms with E-state index in [1.807, 2.05) is 27.7 Å². The molecule has 2 aliphatic rings. The van der Waals surface area contributed by atoms with Crippen LogP contribution in [-0.2, 0) is 14.3 Å². The van der Waals surface area contributed by atoms with Gasteiger partial charge in [0.25, 0.3) is 0 Å². The number of ketones is 1. The molecule has 2 rings (SSSR count). The van der Waals surface area contributed by atoms with Gasteiger partial charge in [0.15, 0.2) is 5.78 Å². The highest BCUT2D eigenvalue weighted by Gasteiger charge is 2.30. The first-order chi connectivity index (χ1) is 11.8. The van der Waals surface area contributed by atoms with Crippen LogP contribution in [0.15, 0.2) is 34.4 Å². The number of rotatable bonds is 5. The van der Waals surface area contributed by atoms with Gasteiger partial charge in [0.05, 0.1) is 0 Å². The van der Waals surface area contributed by atoms with Crippen molar-refractivity contribution < 1.29 is 14.3 Å². The molecule has 0 saturated heterocycles. The summed E-state index contributed by atoms with van der Waals surface area (Å²) in [4.78, 5) is 25.7. The van der Waals surface area contributed by atoms with Gasteiger partial charge in [-0.2, -0.15) is 0 Å². The molecule has 0 aromatic heterocycles. The zero-order valence-electron chi connectivity index (χ0n) is 16.2. The summed E-state index contributed by atoms with van der Waals surface area (Å²) in [6, 6.07) is 0. The first-order valence-electron chi connectivity index (χ1n) is 9.73. The summed E-state index contributed by atoms with van der Waals surface area (Å²) in [6.07, 6.45) is 13.3. The van der Waals surface area contributed by atoms with Gasteiger partial charge in [0.1, 0.15) is 11.2 Å². The summed E-state index contributed by atoms with van der Waals surface area (Å²) in [5.74, 6) is -0.575. The Morgan fingerprint density at radius 2 is 1.48 bits per heavy atom. The molecule has 3 heteroatoms. The number of Topliss-reactive ketones (excluding diaryl/α,β-unsaturated/α-hetero) is 1. The Labute approximate surface area is 152 Å². The monoisotopic (exact) mass is 344 g/mol. The van der Waals surface area contributed by atoms with Gasteiger partial charge in [-0.1, -0.05) is 19.1 Å². The molecule has 0 aromatic carbocycles. The molecule has 0 aromatic rings. The number of hydrogen-bond donors (Lipinski definition) is 0. The molecule has 0 radical (unpaired) electrons. The number of carbonyl (C=O) groups excluding carboxylic acids is 2. The molecule has 0 unspecified atom stereocenters. The maximum atomic E-state index is 12.9. The summed E-state index contributed by atoms with van der Waals surface area (Å²) in [6.45, 7) is 7.35. The Morgan fingerprint density at radius 1 is 0.960 bits per heavy atom. The third-order valence-electron chi connectivity index (χ3n) is 4.68. The number of ether oxygens (including phenoxy) is 1. The summed E-state index contributed by atoms with van der Waals surface area (Å²) < 4.78 is 5.61. The fourth-order valence-electron chi connectivity index (χ4n) is 3.52. The second-order valence-corrected chi connectivity index (χ2v) is 7.98. The quantitative estimate of drug-likeness (QED) is 0.282. The van der Waals surface area contributed by atoms with Crippen LogP contribution in [0.5, 0.6) is 0 Å². The molecule has 0 N–H and O–H groups in total. The normalized spacial score (nSPS) is 18.1. The van der Waals surface area contributed by atoms with Gasteiger partial charge in [-0.3, -0.25) is 4.79 Å². The van der Waals surface area contributed by atoms with E-state index in [2.05, 4.69) is 12.2 Å². The van der Waals surface area contributed by atoms with Crippen molar-refractivity contribution in [2.45, 2.75) is 91.1 Å². The third kappa shape index (κ3) is 5.42. The predicted molar refractivity (Wildman–Crippen MR) is 101 cm³/mol. The topological polar surface area (TPSA) is 43.4 Å². The SMILES string of the molecule is CCC(=O)C(C(=O)OC(C)(C)C)=C(C1=CCCCC1)C1=CCCCC1. The Hall–Kier alpha value is -1.64.